The molecule has 150 valence electrons. The molecular weight excluding hydrogens is 412 g/mol. The van der Waals surface area contributed by atoms with E-state index < -0.39 is 0 Å². The Morgan fingerprint density at radius 2 is 1.97 bits per heavy atom. The number of carbonyl (C=O) groups is 1. The summed E-state index contributed by atoms with van der Waals surface area (Å²) < 4.78 is 5.25. The van der Waals surface area contributed by atoms with Crippen molar-refractivity contribution in [2.24, 2.45) is 0 Å². The number of benzene rings is 2. The molecule has 0 unspecified atom stereocenters. The van der Waals surface area contributed by atoms with Gasteiger partial charge in [0.1, 0.15) is 11.4 Å². The van der Waals surface area contributed by atoms with Gasteiger partial charge < -0.3 is 10.1 Å². The lowest BCUT2D eigenvalue weighted by atomic mass is 10.1. The van der Waals surface area contributed by atoms with Gasteiger partial charge in [0.05, 0.1) is 18.6 Å². The van der Waals surface area contributed by atoms with E-state index in [0.29, 0.717) is 28.6 Å². The van der Waals surface area contributed by atoms with Crippen LogP contribution in [0.1, 0.15) is 16.8 Å². The Balaban J connectivity index is 1.60. The number of rotatable bonds is 7. The zero-order valence-electron chi connectivity index (χ0n) is 15.9. The van der Waals surface area contributed by atoms with Gasteiger partial charge in [-0.3, -0.25) is 14.6 Å². The average molecular weight is 431 g/mol. The van der Waals surface area contributed by atoms with Crippen LogP contribution in [0.5, 0.6) is 5.75 Å². The molecule has 0 bridgehead atoms. The molecule has 3 aromatic rings. The number of thioether (sulfide) groups is 1. The van der Waals surface area contributed by atoms with Gasteiger partial charge in [-0.1, -0.05) is 41.6 Å². The van der Waals surface area contributed by atoms with Crippen LogP contribution in [-0.4, -0.2) is 34.0 Å². The molecule has 0 aliphatic rings. The summed E-state index contributed by atoms with van der Waals surface area (Å²) in [5.41, 5.74) is 2.46. The van der Waals surface area contributed by atoms with Crippen LogP contribution in [-0.2, 0) is 11.2 Å². The molecule has 9 heteroatoms. The Kier molecular flexibility index (Phi) is 6.90. The van der Waals surface area contributed by atoms with Gasteiger partial charge in [0.2, 0.25) is 5.91 Å². The third-order valence-electron chi connectivity index (χ3n) is 4.00. The molecule has 3 rings (SSSR count). The highest BCUT2D eigenvalue weighted by atomic mass is 35.5. The average Bonchev–Trinajstić information content (AvgIpc) is 2.70. The third kappa shape index (κ3) is 5.82. The smallest absolute Gasteiger partial charge is 0.273 e. The van der Waals surface area contributed by atoms with Gasteiger partial charge >= 0.3 is 0 Å². The first-order chi connectivity index (χ1) is 13.9. The van der Waals surface area contributed by atoms with Gasteiger partial charge in [-0.2, -0.15) is 0 Å². The molecular formula is C20H19ClN4O3S. The van der Waals surface area contributed by atoms with Gasteiger partial charge in [-0.15, -0.1) is 10.2 Å². The van der Waals surface area contributed by atoms with E-state index >= 15 is 0 Å². The largest absolute Gasteiger partial charge is 0.495 e. The molecule has 0 atom stereocenters. The Hall–Kier alpha value is -2.84. The van der Waals surface area contributed by atoms with Crippen molar-refractivity contribution >= 4 is 35.0 Å². The number of methoxy groups -OCH3 is 1. The fourth-order valence-corrected chi connectivity index (χ4v) is 3.29. The second-order valence-corrected chi connectivity index (χ2v) is 7.65. The van der Waals surface area contributed by atoms with Crippen LogP contribution in [0.25, 0.3) is 0 Å². The number of aromatic nitrogens is 3. The van der Waals surface area contributed by atoms with E-state index in [4.69, 9.17) is 16.3 Å². The number of amides is 1. The molecule has 0 radical (unpaired) electrons. The Morgan fingerprint density at radius 3 is 2.66 bits per heavy atom. The van der Waals surface area contributed by atoms with Crippen molar-refractivity contribution in [2.45, 2.75) is 18.5 Å². The van der Waals surface area contributed by atoms with Crippen LogP contribution in [0.15, 0.2) is 52.4 Å². The summed E-state index contributed by atoms with van der Waals surface area (Å²) in [6, 6.07) is 12.7. The van der Waals surface area contributed by atoms with Crippen molar-refractivity contribution in [3.8, 4) is 5.75 Å². The maximum atomic E-state index is 12.3. The zero-order chi connectivity index (χ0) is 20.8. The normalized spacial score (nSPS) is 10.6. The molecule has 0 saturated carbocycles. The molecule has 0 fully saturated rings. The molecule has 2 N–H and O–H groups in total. The summed E-state index contributed by atoms with van der Waals surface area (Å²) in [5, 5.41) is 11.7. The predicted molar refractivity (Wildman–Crippen MR) is 114 cm³/mol. The second-order valence-electron chi connectivity index (χ2n) is 6.25. The summed E-state index contributed by atoms with van der Waals surface area (Å²) in [6.45, 7) is 1.93. The summed E-state index contributed by atoms with van der Waals surface area (Å²) in [7, 11) is 1.54. The van der Waals surface area contributed by atoms with E-state index in [1.165, 1.54) is 0 Å². The number of halogens is 1. The van der Waals surface area contributed by atoms with Crippen molar-refractivity contribution in [1.29, 1.82) is 0 Å². The summed E-state index contributed by atoms with van der Waals surface area (Å²) in [4.78, 5) is 27.2. The molecule has 1 heterocycles. The minimum atomic E-state index is -0.335. The highest BCUT2D eigenvalue weighted by Gasteiger charge is 2.11. The highest BCUT2D eigenvalue weighted by molar-refractivity contribution is 7.99. The summed E-state index contributed by atoms with van der Waals surface area (Å²) in [6.07, 6.45) is 0.345. The molecule has 29 heavy (non-hydrogen) atoms. The van der Waals surface area contributed by atoms with E-state index in [1.807, 2.05) is 31.2 Å². The Bertz CT molecular complexity index is 1070. The first kappa shape index (κ1) is 20.9. The SMILES string of the molecule is COc1ccc(C)cc1NC(=O)CSc1nnc(Cc2ccc(Cl)cc2)c(=O)[nH]1. The standard InChI is InChI=1S/C20H19ClN4O3S/c1-12-3-8-17(28-2)15(9-12)22-18(26)11-29-20-23-19(27)16(24-25-20)10-13-4-6-14(21)7-5-13/h3-9H,10-11H2,1-2H3,(H,22,26)(H,23,25,27). The van der Waals surface area contributed by atoms with Crippen molar-refractivity contribution in [3.63, 3.8) is 0 Å². The number of aryl methyl sites for hydroxylation is 1. The minimum absolute atomic E-state index is 0.0677. The zero-order valence-corrected chi connectivity index (χ0v) is 17.4. The number of nitrogens with zero attached hydrogens (tertiary/aromatic N) is 2. The summed E-state index contributed by atoms with van der Waals surface area (Å²) >= 11 is 6.96. The number of carbonyl (C=O) groups excluding carboxylic acids is 1. The molecule has 1 amide bonds. The number of nitrogens with one attached hydrogen (secondary N) is 2. The monoisotopic (exact) mass is 430 g/mol. The van der Waals surface area contributed by atoms with E-state index in [2.05, 4.69) is 20.5 Å². The molecule has 0 saturated heterocycles. The van der Waals surface area contributed by atoms with Crippen LogP contribution in [0.3, 0.4) is 0 Å². The van der Waals surface area contributed by atoms with Crippen LogP contribution < -0.4 is 15.6 Å². The first-order valence-electron chi connectivity index (χ1n) is 8.72. The Labute approximate surface area is 176 Å². The predicted octanol–water partition coefficient (Wildman–Crippen LogP) is 3.46. The molecule has 0 aliphatic carbocycles. The van der Waals surface area contributed by atoms with Crippen LogP contribution in [0, 0.1) is 6.92 Å². The molecule has 2 aromatic carbocycles. The summed E-state index contributed by atoms with van der Waals surface area (Å²) in [5.74, 6) is 0.401. The van der Waals surface area contributed by atoms with Gasteiger partial charge in [-0.25, -0.2) is 0 Å². The van der Waals surface area contributed by atoms with Crippen molar-refractivity contribution in [3.05, 3.63) is 74.7 Å². The topological polar surface area (TPSA) is 97.0 Å². The van der Waals surface area contributed by atoms with Crippen LogP contribution in [0.4, 0.5) is 5.69 Å². The number of aromatic amines is 1. The number of hydrogen-bond donors (Lipinski definition) is 2. The quantitative estimate of drug-likeness (QED) is 0.557. The van der Waals surface area contributed by atoms with Crippen LogP contribution >= 0.6 is 23.4 Å². The van der Waals surface area contributed by atoms with Gasteiger partial charge in [-0.05, 0) is 42.3 Å². The van der Waals surface area contributed by atoms with Crippen molar-refractivity contribution in [1.82, 2.24) is 15.2 Å². The molecule has 0 aliphatic heterocycles. The van der Waals surface area contributed by atoms with Gasteiger partial charge in [0, 0.05) is 11.4 Å². The highest BCUT2D eigenvalue weighted by Crippen LogP contribution is 2.25. The molecule has 0 spiro atoms. The number of ether oxygens (including phenoxy) is 1. The van der Waals surface area contributed by atoms with Crippen molar-refractivity contribution < 1.29 is 9.53 Å². The fraction of sp³-hybridized carbons (Fsp3) is 0.200. The fourth-order valence-electron chi connectivity index (χ4n) is 2.56. The minimum Gasteiger partial charge on any atom is -0.495 e. The van der Waals surface area contributed by atoms with Crippen LogP contribution in [0.2, 0.25) is 5.02 Å². The maximum Gasteiger partial charge on any atom is 0.273 e. The van der Waals surface area contributed by atoms with E-state index in [-0.39, 0.29) is 22.4 Å². The van der Waals surface area contributed by atoms with E-state index in [1.54, 1.807) is 25.3 Å². The number of H-pyrrole nitrogens is 1. The van der Waals surface area contributed by atoms with E-state index in [9.17, 15) is 9.59 Å². The maximum absolute atomic E-state index is 12.3. The molecule has 7 nitrogen and oxygen atoms in total. The number of hydrogen-bond acceptors (Lipinski definition) is 6. The third-order valence-corrected chi connectivity index (χ3v) is 5.11. The molecule has 1 aromatic heterocycles. The second kappa shape index (κ2) is 9.58. The number of anilines is 1. The van der Waals surface area contributed by atoms with Crippen molar-refractivity contribution in [2.75, 3.05) is 18.2 Å². The lowest BCUT2D eigenvalue weighted by molar-refractivity contribution is -0.113. The first-order valence-corrected chi connectivity index (χ1v) is 10.1. The lowest BCUT2D eigenvalue weighted by Crippen LogP contribution is -2.19. The Morgan fingerprint density at radius 1 is 1.21 bits per heavy atom. The van der Waals surface area contributed by atoms with E-state index in [0.717, 1.165) is 22.9 Å². The lowest BCUT2D eigenvalue weighted by Gasteiger charge is -2.10. The van der Waals surface area contributed by atoms with Gasteiger partial charge in [0.25, 0.3) is 5.56 Å². The van der Waals surface area contributed by atoms with Gasteiger partial charge in [0.15, 0.2) is 5.16 Å².